The minimum atomic E-state index is 0. The summed E-state index contributed by atoms with van der Waals surface area (Å²) < 4.78 is 0. The highest BCUT2D eigenvalue weighted by molar-refractivity contribution is 5.85. The molecule has 0 unspecified atom stereocenters. The van der Waals surface area contributed by atoms with E-state index in [1.54, 1.807) is 0 Å². The van der Waals surface area contributed by atoms with E-state index >= 15 is 0 Å². The molecule has 0 radical (unpaired) electrons. The SMILES string of the molecule is CCC1CCN(C(=O)[C@@H]2CCNC2)CC1.Cl. The molecular formula is C12H23ClN2O. The Morgan fingerprint density at radius 2 is 2.00 bits per heavy atom. The van der Waals surface area contributed by atoms with Crippen molar-refractivity contribution in [3.05, 3.63) is 0 Å². The number of carbonyl (C=O) groups excluding carboxylic acids is 1. The third-order valence-electron chi connectivity index (χ3n) is 3.91. The molecule has 0 aromatic carbocycles. The molecule has 0 bridgehead atoms. The van der Waals surface area contributed by atoms with Crippen LogP contribution in [0.3, 0.4) is 0 Å². The number of nitrogens with one attached hydrogen (secondary N) is 1. The maximum absolute atomic E-state index is 12.1. The molecule has 0 saturated carbocycles. The summed E-state index contributed by atoms with van der Waals surface area (Å²) in [6.07, 6.45) is 4.73. The molecule has 1 N–H and O–H groups in total. The van der Waals surface area contributed by atoms with E-state index in [1.807, 2.05) is 0 Å². The normalized spacial score (nSPS) is 26.6. The maximum Gasteiger partial charge on any atom is 0.227 e. The molecule has 4 heteroatoms. The van der Waals surface area contributed by atoms with Crippen molar-refractivity contribution in [1.29, 1.82) is 0 Å². The highest BCUT2D eigenvalue weighted by Crippen LogP contribution is 2.22. The number of nitrogens with zero attached hydrogens (tertiary/aromatic N) is 1. The Hall–Kier alpha value is -0.280. The number of hydrogen-bond acceptors (Lipinski definition) is 2. The molecule has 0 spiro atoms. The first-order valence-electron chi connectivity index (χ1n) is 6.30. The number of rotatable bonds is 2. The van der Waals surface area contributed by atoms with Crippen LogP contribution in [0.25, 0.3) is 0 Å². The number of likely N-dealkylation sites (tertiary alicyclic amines) is 1. The van der Waals surface area contributed by atoms with Crippen molar-refractivity contribution in [2.45, 2.75) is 32.6 Å². The lowest BCUT2D eigenvalue weighted by Gasteiger charge is -2.33. The van der Waals surface area contributed by atoms with E-state index in [0.29, 0.717) is 5.91 Å². The highest BCUT2D eigenvalue weighted by atomic mass is 35.5. The van der Waals surface area contributed by atoms with E-state index in [9.17, 15) is 4.79 Å². The van der Waals surface area contributed by atoms with Gasteiger partial charge < -0.3 is 10.2 Å². The predicted molar refractivity (Wildman–Crippen MR) is 67.8 cm³/mol. The van der Waals surface area contributed by atoms with Crippen LogP contribution in [-0.4, -0.2) is 37.0 Å². The molecule has 1 amide bonds. The van der Waals surface area contributed by atoms with Gasteiger partial charge in [0.15, 0.2) is 0 Å². The Balaban J connectivity index is 0.00000128. The van der Waals surface area contributed by atoms with Crippen LogP contribution in [-0.2, 0) is 4.79 Å². The van der Waals surface area contributed by atoms with Crippen molar-refractivity contribution in [3.63, 3.8) is 0 Å². The van der Waals surface area contributed by atoms with Crippen LogP contribution in [0.4, 0.5) is 0 Å². The summed E-state index contributed by atoms with van der Waals surface area (Å²) >= 11 is 0. The first-order chi connectivity index (χ1) is 7.31. The summed E-state index contributed by atoms with van der Waals surface area (Å²) in [6, 6.07) is 0. The van der Waals surface area contributed by atoms with Gasteiger partial charge >= 0.3 is 0 Å². The Kier molecular flexibility index (Phi) is 5.56. The zero-order valence-electron chi connectivity index (χ0n) is 10.1. The van der Waals surface area contributed by atoms with Crippen molar-refractivity contribution >= 4 is 18.3 Å². The van der Waals surface area contributed by atoms with Gasteiger partial charge in [-0.15, -0.1) is 12.4 Å². The lowest BCUT2D eigenvalue weighted by atomic mass is 9.93. The molecule has 0 aromatic rings. The van der Waals surface area contributed by atoms with Gasteiger partial charge in [-0.2, -0.15) is 0 Å². The molecule has 3 nitrogen and oxygen atoms in total. The topological polar surface area (TPSA) is 32.3 Å². The third-order valence-corrected chi connectivity index (χ3v) is 3.91. The second-order valence-corrected chi connectivity index (χ2v) is 4.87. The molecule has 2 rings (SSSR count). The molecule has 94 valence electrons. The molecule has 2 heterocycles. The van der Waals surface area contributed by atoms with Crippen molar-refractivity contribution in [1.82, 2.24) is 10.2 Å². The fourth-order valence-electron chi connectivity index (χ4n) is 2.69. The molecule has 2 saturated heterocycles. The Morgan fingerprint density at radius 1 is 1.31 bits per heavy atom. The number of halogens is 1. The molecule has 0 aliphatic carbocycles. The van der Waals surface area contributed by atoms with Gasteiger partial charge in [0.25, 0.3) is 0 Å². The van der Waals surface area contributed by atoms with Crippen LogP contribution in [0.15, 0.2) is 0 Å². The second kappa shape index (κ2) is 6.45. The summed E-state index contributed by atoms with van der Waals surface area (Å²) in [5, 5.41) is 3.26. The van der Waals surface area contributed by atoms with Gasteiger partial charge in [-0.25, -0.2) is 0 Å². The Labute approximate surface area is 104 Å². The summed E-state index contributed by atoms with van der Waals surface area (Å²) in [6.45, 7) is 6.15. The van der Waals surface area contributed by atoms with Gasteiger partial charge in [0.2, 0.25) is 5.91 Å². The molecule has 16 heavy (non-hydrogen) atoms. The lowest BCUT2D eigenvalue weighted by Crippen LogP contribution is -2.42. The van der Waals surface area contributed by atoms with Crippen LogP contribution >= 0.6 is 12.4 Å². The van der Waals surface area contributed by atoms with E-state index < -0.39 is 0 Å². The van der Waals surface area contributed by atoms with Crippen molar-refractivity contribution < 1.29 is 4.79 Å². The molecular weight excluding hydrogens is 224 g/mol. The predicted octanol–water partition coefficient (Wildman–Crippen LogP) is 1.67. The smallest absolute Gasteiger partial charge is 0.227 e. The zero-order valence-corrected chi connectivity index (χ0v) is 10.9. The fraction of sp³-hybridized carbons (Fsp3) is 0.917. The molecule has 2 aliphatic rings. The van der Waals surface area contributed by atoms with E-state index in [-0.39, 0.29) is 18.3 Å². The summed E-state index contributed by atoms with van der Waals surface area (Å²) in [4.78, 5) is 14.2. The third kappa shape index (κ3) is 3.11. The maximum atomic E-state index is 12.1. The Bertz CT molecular complexity index is 221. The van der Waals surface area contributed by atoms with Gasteiger partial charge in [0, 0.05) is 19.6 Å². The number of amides is 1. The number of hydrogen-bond donors (Lipinski definition) is 1. The minimum Gasteiger partial charge on any atom is -0.342 e. The summed E-state index contributed by atoms with van der Waals surface area (Å²) in [5.74, 6) is 1.52. The molecule has 0 aromatic heterocycles. The highest BCUT2D eigenvalue weighted by Gasteiger charge is 2.29. The standard InChI is InChI=1S/C12H22N2O.ClH/c1-2-10-4-7-14(8-5-10)12(15)11-3-6-13-9-11;/h10-11,13H,2-9H2,1H3;1H/t11-;/m1./s1. The quantitative estimate of drug-likeness (QED) is 0.804. The number of piperidine rings is 1. The van der Waals surface area contributed by atoms with Gasteiger partial charge in [-0.3, -0.25) is 4.79 Å². The molecule has 2 fully saturated rings. The summed E-state index contributed by atoms with van der Waals surface area (Å²) in [7, 11) is 0. The zero-order chi connectivity index (χ0) is 10.7. The van der Waals surface area contributed by atoms with Gasteiger partial charge in [0.05, 0.1) is 5.92 Å². The molecule has 1 atom stereocenters. The second-order valence-electron chi connectivity index (χ2n) is 4.87. The van der Waals surface area contributed by atoms with E-state index in [0.717, 1.165) is 38.5 Å². The van der Waals surface area contributed by atoms with Crippen LogP contribution in [0, 0.1) is 11.8 Å². The van der Waals surface area contributed by atoms with E-state index in [1.165, 1.54) is 19.3 Å². The Morgan fingerprint density at radius 3 is 2.50 bits per heavy atom. The van der Waals surface area contributed by atoms with Crippen LogP contribution in [0.1, 0.15) is 32.6 Å². The van der Waals surface area contributed by atoms with Crippen LogP contribution in [0.2, 0.25) is 0 Å². The van der Waals surface area contributed by atoms with Crippen molar-refractivity contribution in [2.75, 3.05) is 26.2 Å². The van der Waals surface area contributed by atoms with Crippen molar-refractivity contribution in [3.8, 4) is 0 Å². The largest absolute Gasteiger partial charge is 0.342 e. The van der Waals surface area contributed by atoms with E-state index in [2.05, 4.69) is 17.1 Å². The summed E-state index contributed by atoms with van der Waals surface area (Å²) in [5.41, 5.74) is 0. The molecule has 2 aliphatic heterocycles. The lowest BCUT2D eigenvalue weighted by molar-refractivity contribution is -0.136. The number of carbonyl (C=O) groups is 1. The van der Waals surface area contributed by atoms with Crippen molar-refractivity contribution in [2.24, 2.45) is 11.8 Å². The van der Waals surface area contributed by atoms with Crippen LogP contribution < -0.4 is 5.32 Å². The minimum absolute atomic E-state index is 0. The van der Waals surface area contributed by atoms with Gasteiger partial charge in [-0.05, 0) is 31.7 Å². The average Bonchev–Trinajstić information content (AvgIpc) is 2.82. The van der Waals surface area contributed by atoms with Crippen LogP contribution in [0.5, 0.6) is 0 Å². The average molecular weight is 247 g/mol. The fourth-order valence-corrected chi connectivity index (χ4v) is 2.69. The van der Waals surface area contributed by atoms with Gasteiger partial charge in [0.1, 0.15) is 0 Å². The first-order valence-corrected chi connectivity index (χ1v) is 6.30. The first kappa shape index (κ1) is 13.8. The van der Waals surface area contributed by atoms with Gasteiger partial charge in [-0.1, -0.05) is 13.3 Å². The monoisotopic (exact) mass is 246 g/mol. The van der Waals surface area contributed by atoms with E-state index in [4.69, 9.17) is 0 Å².